The van der Waals surface area contributed by atoms with Crippen molar-refractivity contribution in [2.45, 2.75) is 52.9 Å². The molecule has 0 unspecified atom stereocenters. The molecule has 0 atom stereocenters. The summed E-state index contributed by atoms with van der Waals surface area (Å²) in [6.45, 7) is 6.26. The van der Waals surface area contributed by atoms with Crippen LogP contribution in [0.5, 0.6) is 0 Å². The van der Waals surface area contributed by atoms with E-state index in [9.17, 15) is 9.90 Å². The molecule has 1 rings (SSSR count). The quantitative estimate of drug-likeness (QED) is 0.573. The van der Waals surface area contributed by atoms with Crippen molar-refractivity contribution in [3.05, 3.63) is 46.5 Å². The van der Waals surface area contributed by atoms with Crippen molar-refractivity contribution >= 4 is 5.97 Å². The number of carbonyl (C=O) groups is 1. The number of allylic oxidation sites excluding steroid dienone is 2. The smallest absolute Gasteiger partial charge is 0.335 e. The lowest BCUT2D eigenvalue weighted by molar-refractivity contribution is 0.0695. The Balaban J connectivity index is 2.88. The van der Waals surface area contributed by atoms with E-state index >= 15 is 0 Å². The second kappa shape index (κ2) is 7.78. The summed E-state index contributed by atoms with van der Waals surface area (Å²) in [5.74, 6) is -0.814. The molecule has 0 saturated carbocycles. The van der Waals surface area contributed by atoms with Crippen LogP contribution >= 0.6 is 0 Å². The van der Waals surface area contributed by atoms with E-state index < -0.39 is 5.97 Å². The van der Waals surface area contributed by atoms with Gasteiger partial charge in [0.1, 0.15) is 0 Å². The molecule has 2 heteroatoms. The zero-order valence-corrected chi connectivity index (χ0v) is 12.2. The van der Waals surface area contributed by atoms with E-state index in [1.165, 1.54) is 5.57 Å². The third-order valence-electron chi connectivity index (χ3n) is 3.20. The molecule has 0 aliphatic rings. The van der Waals surface area contributed by atoms with Gasteiger partial charge in [-0.05, 0) is 50.3 Å². The van der Waals surface area contributed by atoms with E-state index in [2.05, 4.69) is 26.8 Å². The zero-order chi connectivity index (χ0) is 14.3. The fourth-order valence-electron chi connectivity index (χ4n) is 2.06. The fraction of sp³-hybridized carbons (Fsp3) is 0.471. The Bertz CT molecular complexity index is 454. The third-order valence-corrected chi connectivity index (χ3v) is 3.20. The lowest BCUT2D eigenvalue weighted by Gasteiger charge is -2.08. The monoisotopic (exact) mass is 260 g/mol. The molecule has 2 nitrogen and oxygen atoms in total. The molecule has 1 aromatic rings. The van der Waals surface area contributed by atoms with E-state index in [1.54, 1.807) is 0 Å². The van der Waals surface area contributed by atoms with Gasteiger partial charge in [-0.2, -0.15) is 0 Å². The minimum atomic E-state index is -0.814. The highest BCUT2D eigenvalue weighted by atomic mass is 16.4. The number of carboxylic acids is 1. The molecule has 0 amide bonds. The van der Waals surface area contributed by atoms with Crippen LogP contribution in [0.4, 0.5) is 0 Å². The van der Waals surface area contributed by atoms with Gasteiger partial charge >= 0.3 is 5.97 Å². The first kappa shape index (κ1) is 15.5. The summed E-state index contributed by atoms with van der Waals surface area (Å²) in [7, 11) is 0. The molecule has 1 aromatic carbocycles. The summed E-state index contributed by atoms with van der Waals surface area (Å²) in [5.41, 5.74) is 3.75. The first-order valence-corrected chi connectivity index (χ1v) is 7.03. The summed E-state index contributed by atoms with van der Waals surface area (Å²) in [4.78, 5) is 11.3. The third kappa shape index (κ3) is 5.29. The van der Waals surface area contributed by atoms with E-state index in [0.29, 0.717) is 5.56 Å². The van der Waals surface area contributed by atoms with E-state index in [0.717, 1.165) is 43.2 Å². The van der Waals surface area contributed by atoms with Crippen molar-refractivity contribution in [1.29, 1.82) is 0 Å². The Kier molecular flexibility index (Phi) is 6.34. The molecule has 0 heterocycles. The highest BCUT2D eigenvalue weighted by Gasteiger charge is 2.10. The number of hydrogen-bond acceptors (Lipinski definition) is 1. The maximum Gasteiger partial charge on any atom is 0.335 e. The molecule has 0 fully saturated rings. The first-order valence-electron chi connectivity index (χ1n) is 7.03. The number of unbranched alkanes of at least 4 members (excludes halogenated alkanes) is 2. The molecule has 104 valence electrons. The topological polar surface area (TPSA) is 37.3 Å². The van der Waals surface area contributed by atoms with Crippen LogP contribution in [0.2, 0.25) is 0 Å². The molecule has 19 heavy (non-hydrogen) atoms. The van der Waals surface area contributed by atoms with Crippen molar-refractivity contribution in [2.24, 2.45) is 0 Å². The summed E-state index contributed by atoms with van der Waals surface area (Å²) >= 11 is 0. The van der Waals surface area contributed by atoms with E-state index in [-0.39, 0.29) is 0 Å². The molecule has 0 bridgehead atoms. The number of rotatable bonds is 7. The average Bonchev–Trinajstić information content (AvgIpc) is 2.37. The second-order valence-corrected chi connectivity index (χ2v) is 5.24. The van der Waals surface area contributed by atoms with Gasteiger partial charge in [0.15, 0.2) is 0 Å². The summed E-state index contributed by atoms with van der Waals surface area (Å²) in [5, 5.41) is 9.31. The van der Waals surface area contributed by atoms with Gasteiger partial charge in [-0.1, -0.05) is 43.5 Å². The lowest BCUT2D eigenvalue weighted by atomic mass is 9.97. The predicted molar refractivity (Wildman–Crippen MR) is 79.8 cm³/mol. The standard InChI is InChI=1S/C17H24O2/c1-4-5-6-7-15-11-10-14(9-8-13(2)3)12-16(15)17(18)19/h8,10-12H,4-7,9H2,1-3H3,(H,18,19). The largest absolute Gasteiger partial charge is 0.478 e. The molecule has 0 saturated heterocycles. The Hall–Kier alpha value is -1.57. The van der Waals surface area contributed by atoms with Crippen LogP contribution in [-0.4, -0.2) is 11.1 Å². The maximum atomic E-state index is 11.3. The predicted octanol–water partition coefficient (Wildman–Crippen LogP) is 4.63. The van der Waals surface area contributed by atoms with Crippen LogP contribution in [0.15, 0.2) is 29.8 Å². The summed E-state index contributed by atoms with van der Waals surface area (Å²) in [6, 6.07) is 5.85. The van der Waals surface area contributed by atoms with Crippen LogP contribution < -0.4 is 0 Å². The Labute approximate surface area is 116 Å². The normalized spacial score (nSPS) is 10.3. The number of carboxylic acid groups (broad SMARTS) is 1. The van der Waals surface area contributed by atoms with Crippen LogP contribution in [0.1, 0.15) is 61.5 Å². The Morgan fingerprint density at radius 3 is 2.58 bits per heavy atom. The van der Waals surface area contributed by atoms with Crippen LogP contribution in [-0.2, 0) is 12.8 Å². The van der Waals surface area contributed by atoms with Crippen LogP contribution in [0.3, 0.4) is 0 Å². The van der Waals surface area contributed by atoms with Gasteiger partial charge in [0.05, 0.1) is 5.56 Å². The van der Waals surface area contributed by atoms with Gasteiger partial charge in [-0.25, -0.2) is 4.79 Å². The van der Waals surface area contributed by atoms with Gasteiger partial charge < -0.3 is 5.11 Å². The van der Waals surface area contributed by atoms with Gasteiger partial charge in [0.2, 0.25) is 0 Å². The first-order chi connectivity index (χ1) is 9.04. The molecule has 1 N–H and O–H groups in total. The molecule has 0 aliphatic heterocycles. The molecular weight excluding hydrogens is 236 g/mol. The van der Waals surface area contributed by atoms with Gasteiger partial charge in [-0.15, -0.1) is 0 Å². The molecule has 0 aliphatic carbocycles. The Morgan fingerprint density at radius 1 is 1.26 bits per heavy atom. The average molecular weight is 260 g/mol. The number of benzene rings is 1. The second-order valence-electron chi connectivity index (χ2n) is 5.24. The van der Waals surface area contributed by atoms with Crippen molar-refractivity contribution in [2.75, 3.05) is 0 Å². The molecular formula is C17H24O2. The Morgan fingerprint density at radius 2 is 2.00 bits per heavy atom. The van der Waals surface area contributed by atoms with E-state index in [1.807, 2.05) is 18.2 Å². The zero-order valence-electron chi connectivity index (χ0n) is 12.2. The van der Waals surface area contributed by atoms with Crippen molar-refractivity contribution < 1.29 is 9.90 Å². The maximum absolute atomic E-state index is 11.3. The van der Waals surface area contributed by atoms with Crippen molar-refractivity contribution in [1.82, 2.24) is 0 Å². The summed E-state index contributed by atoms with van der Waals surface area (Å²) in [6.07, 6.45) is 7.15. The fourth-order valence-corrected chi connectivity index (χ4v) is 2.06. The van der Waals surface area contributed by atoms with Crippen molar-refractivity contribution in [3.63, 3.8) is 0 Å². The molecule has 0 aromatic heterocycles. The number of hydrogen-bond donors (Lipinski definition) is 1. The van der Waals surface area contributed by atoms with Crippen molar-refractivity contribution in [3.8, 4) is 0 Å². The molecule has 0 spiro atoms. The SMILES string of the molecule is CCCCCc1ccc(CC=C(C)C)cc1C(=O)O. The number of aromatic carboxylic acids is 1. The highest BCUT2D eigenvalue weighted by Crippen LogP contribution is 2.16. The minimum absolute atomic E-state index is 0.468. The van der Waals surface area contributed by atoms with Gasteiger partial charge in [0, 0.05) is 0 Å². The van der Waals surface area contributed by atoms with Gasteiger partial charge in [-0.3, -0.25) is 0 Å². The van der Waals surface area contributed by atoms with Crippen LogP contribution in [0, 0.1) is 0 Å². The number of aryl methyl sites for hydroxylation is 1. The van der Waals surface area contributed by atoms with Gasteiger partial charge in [0.25, 0.3) is 0 Å². The summed E-state index contributed by atoms with van der Waals surface area (Å²) < 4.78 is 0. The van der Waals surface area contributed by atoms with E-state index in [4.69, 9.17) is 0 Å². The highest BCUT2D eigenvalue weighted by molar-refractivity contribution is 5.89. The van der Waals surface area contributed by atoms with Crippen LogP contribution in [0.25, 0.3) is 0 Å². The minimum Gasteiger partial charge on any atom is -0.478 e. The molecule has 0 radical (unpaired) electrons. The lowest BCUT2D eigenvalue weighted by Crippen LogP contribution is -2.04.